The lowest BCUT2D eigenvalue weighted by molar-refractivity contribution is 0.127. The van der Waals surface area contributed by atoms with E-state index in [0.717, 1.165) is 38.5 Å². The van der Waals surface area contributed by atoms with Crippen LogP contribution in [0.5, 0.6) is 0 Å². The Morgan fingerprint density at radius 1 is 1.11 bits per heavy atom. The predicted octanol–water partition coefficient (Wildman–Crippen LogP) is 1.34. The van der Waals surface area contributed by atoms with Crippen LogP contribution in [0.15, 0.2) is 0 Å². The molecule has 0 aromatic rings. The molecule has 2 unspecified atom stereocenters. The molecule has 0 saturated carbocycles. The monoisotopic (exact) mass is 290 g/mol. The van der Waals surface area contributed by atoms with Crippen LogP contribution in [-0.2, 0) is 10.2 Å². The first-order valence-electron chi connectivity index (χ1n) is 7.47. The zero-order valence-corrected chi connectivity index (χ0v) is 12.6. The van der Waals surface area contributed by atoms with Crippen molar-refractivity contribution in [3.63, 3.8) is 0 Å². The Morgan fingerprint density at radius 2 is 1.74 bits per heavy atom. The van der Waals surface area contributed by atoms with Crippen LogP contribution in [0.4, 0.5) is 0 Å². The minimum atomic E-state index is -3.32. The Kier molecular flexibility index (Phi) is 5.22. The quantitative estimate of drug-likeness (QED) is 0.850. The summed E-state index contributed by atoms with van der Waals surface area (Å²) in [6, 6.07) is -0.0272. The van der Waals surface area contributed by atoms with Crippen LogP contribution >= 0.6 is 0 Å². The summed E-state index contributed by atoms with van der Waals surface area (Å²) in [5.74, 6) is 0. The van der Waals surface area contributed by atoms with Crippen LogP contribution in [0.3, 0.4) is 0 Å². The second-order valence-corrected chi connectivity index (χ2v) is 7.69. The molecule has 2 saturated heterocycles. The topological polar surface area (TPSA) is 60.9 Å². The molecule has 2 aliphatic heterocycles. The normalized spacial score (nSPS) is 29.3. The van der Waals surface area contributed by atoms with Crippen molar-refractivity contribution >= 4 is 10.2 Å². The van der Waals surface area contributed by atoms with Gasteiger partial charge in [0.15, 0.2) is 0 Å². The Balaban J connectivity index is 2.11. The SMILES string of the molecule is CC(O)CC1CCCCN1S(=O)(=O)N1CCCCC1. The summed E-state index contributed by atoms with van der Waals surface area (Å²) >= 11 is 0. The van der Waals surface area contributed by atoms with E-state index in [4.69, 9.17) is 0 Å². The molecule has 0 bridgehead atoms. The Labute approximate surface area is 116 Å². The molecule has 0 aromatic carbocycles. The van der Waals surface area contributed by atoms with Gasteiger partial charge in [0, 0.05) is 25.7 Å². The van der Waals surface area contributed by atoms with Crippen molar-refractivity contribution in [2.45, 2.75) is 64.0 Å². The summed E-state index contributed by atoms with van der Waals surface area (Å²) in [5.41, 5.74) is 0. The van der Waals surface area contributed by atoms with Gasteiger partial charge in [-0.3, -0.25) is 0 Å². The third-order valence-electron chi connectivity index (χ3n) is 4.12. The van der Waals surface area contributed by atoms with Crippen molar-refractivity contribution in [2.75, 3.05) is 19.6 Å². The maximum absolute atomic E-state index is 12.7. The zero-order valence-electron chi connectivity index (χ0n) is 11.8. The zero-order chi connectivity index (χ0) is 13.9. The highest BCUT2D eigenvalue weighted by molar-refractivity contribution is 7.86. The van der Waals surface area contributed by atoms with Gasteiger partial charge in [-0.05, 0) is 39.0 Å². The summed E-state index contributed by atoms with van der Waals surface area (Å²) in [6.45, 7) is 3.65. The van der Waals surface area contributed by atoms with Crippen LogP contribution in [0.25, 0.3) is 0 Å². The molecule has 112 valence electrons. The summed E-state index contributed by atoms with van der Waals surface area (Å²) in [5, 5.41) is 9.56. The molecule has 0 aliphatic carbocycles. The highest BCUT2D eigenvalue weighted by Crippen LogP contribution is 2.27. The molecule has 2 aliphatic rings. The minimum absolute atomic E-state index is 0.0272. The Morgan fingerprint density at radius 3 is 2.37 bits per heavy atom. The molecule has 2 fully saturated rings. The molecule has 6 heteroatoms. The molecule has 19 heavy (non-hydrogen) atoms. The van der Waals surface area contributed by atoms with Gasteiger partial charge in [0.1, 0.15) is 0 Å². The number of nitrogens with zero attached hydrogens (tertiary/aromatic N) is 2. The summed E-state index contributed by atoms with van der Waals surface area (Å²) in [4.78, 5) is 0. The minimum Gasteiger partial charge on any atom is -0.393 e. The molecule has 2 atom stereocenters. The van der Waals surface area contributed by atoms with E-state index in [2.05, 4.69) is 0 Å². The molecule has 2 heterocycles. The van der Waals surface area contributed by atoms with E-state index in [-0.39, 0.29) is 6.04 Å². The first kappa shape index (κ1) is 15.2. The van der Waals surface area contributed by atoms with Gasteiger partial charge in [0.2, 0.25) is 0 Å². The van der Waals surface area contributed by atoms with Gasteiger partial charge in [-0.25, -0.2) is 0 Å². The van der Waals surface area contributed by atoms with Crippen molar-refractivity contribution in [1.82, 2.24) is 8.61 Å². The lowest BCUT2D eigenvalue weighted by Crippen LogP contribution is -2.52. The summed E-state index contributed by atoms with van der Waals surface area (Å²) in [6.07, 6.45) is 6.03. The molecule has 5 nitrogen and oxygen atoms in total. The smallest absolute Gasteiger partial charge is 0.282 e. The van der Waals surface area contributed by atoms with Crippen LogP contribution in [0, 0.1) is 0 Å². The number of aliphatic hydroxyl groups excluding tert-OH is 1. The predicted molar refractivity (Wildman–Crippen MR) is 75.0 cm³/mol. The fourth-order valence-corrected chi connectivity index (χ4v) is 5.10. The van der Waals surface area contributed by atoms with Crippen molar-refractivity contribution in [3.05, 3.63) is 0 Å². The molecule has 1 N–H and O–H groups in total. The Hall–Kier alpha value is -0.170. The molecule has 0 radical (unpaired) electrons. The van der Waals surface area contributed by atoms with E-state index in [1.165, 1.54) is 0 Å². The van der Waals surface area contributed by atoms with Crippen LogP contribution in [0.1, 0.15) is 51.9 Å². The van der Waals surface area contributed by atoms with Crippen LogP contribution < -0.4 is 0 Å². The standard InChI is InChI=1S/C13H26N2O3S/c1-12(16)11-13-7-3-6-10-15(13)19(17,18)14-8-4-2-5-9-14/h12-13,16H,2-11H2,1H3. The van der Waals surface area contributed by atoms with Gasteiger partial charge in [0.25, 0.3) is 10.2 Å². The molecule has 2 rings (SSSR count). The fourth-order valence-electron chi connectivity index (χ4n) is 3.15. The van der Waals surface area contributed by atoms with Gasteiger partial charge in [0.05, 0.1) is 6.10 Å². The summed E-state index contributed by atoms with van der Waals surface area (Å²) < 4.78 is 28.7. The van der Waals surface area contributed by atoms with Gasteiger partial charge < -0.3 is 5.11 Å². The maximum Gasteiger partial charge on any atom is 0.282 e. The molecule has 0 aromatic heterocycles. The lowest BCUT2D eigenvalue weighted by atomic mass is 10.00. The van der Waals surface area contributed by atoms with E-state index in [9.17, 15) is 13.5 Å². The van der Waals surface area contributed by atoms with Crippen LogP contribution in [-0.4, -0.2) is 53.9 Å². The van der Waals surface area contributed by atoms with Crippen molar-refractivity contribution in [3.8, 4) is 0 Å². The number of hydrogen-bond acceptors (Lipinski definition) is 3. The molecule has 0 amide bonds. The van der Waals surface area contributed by atoms with Gasteiger partial charge in [-0.2, -0.15) is 17.0 Å². The molecular weight excluding hydrogens is 264 g/mol. The van der Waals surface area contributed by atoms with Gasteiger partial charge >= 0.3 is 0 Å². The van der Waals surface area contributed by atoms with Crippen LogP contribution in [0.2, 0.25) is 0 Å². The average molecular weight is 290 g/mol. The third kappa shape index (κ3) is 3.68. The first-order chi connectivity index (χ1) is 9.01. The van der Waals surface area contributed by atoms with Gasteiger partial charge in [-0.15, -0.1) is 0 Å². The van der Waals surface area contributed by atoms with E-state index >= 15 is 0 Å². The lowest BCUT2D eigenvalue weighted by Gasteiger charge is -2.39. The second-order valence-electron chi connectivity index (χ2n) is 5.81. The third-order valence-corrected chi connectivity index (χ3v) is 6.22. The molecular formula is C13H26N2O3S. The first-order valence-corrected chi connectivity index (χ1v) is 8.86. The average Bonchev–Trinajstić information content (AvgIpc) is 2.39. The highest BCUT2D eigenvalue weighted by Gasteiger charge is 2.37. The Bertz CT molecular complexity index is 377. The fraction of sp³-hybridized carbons (Fsp3) is 1.00. The molecule has 0 spiro atoms. The highest BCUT2D eigenvalue weighted by atomic mass is 32.2. The number of aliphatic hydroxyl groups is 1. The number of hydrogen-bond donors (Lipinski definition) is 1. The largest absolute Gasteiger partial charge is 0.393 e. The van der Waals surface area contributed by atoms with Gasteiger partial charge in [-0.1, -0.05) is 12.8 Å². The second kappa shape index (κ2) is 6.52. The van der Waals surface area contributed by atoms with E-state index in [1.807, 2.05) is 0 Å². The summed E-state index contributed by atoms with van der Waals surface area (Å²) in [7, 11) is -3.32. The van der Waals surface area contributed by atoms with Crippen molar-refractivity contribution < 1.29 is 13.5 Å². The number of piperidine rings is 2. The van der Waals surface area contributed by atoms with E-state index < -0.39 is 16.3 Å². The maximum atomic E-state index is 12.7. The van der Waals surface area contributed by atoms with E-state index in [0.29, 0.717) is 26.1 Å². The number of rotatable bonds is 4. The van der Waals surface area contributed by atoms with E-state index in [1.54, 1.807) is 15.5 Å². The van der Waals surface area contributed by atoms with Crippen molar-refractivity contribution in [2.24, 2.45) is 0 Å². The van der Waals surface area contributed by atoms with Crippen molar-refractivity contribution in [1.29, 1.82) is 0 Å².